The zero-order chi connectivity index (χ0) is 18.9. The maximum absolute atomic E-state index is 9.53. The smallest absolute Gasteiger partial charge is 0.257 e. The van der Waals surface area contributed by atoms with Crippen molar-refractivity contribution in [3.05, 3.63) is 45.8 Å². The fourth-order valence-corrected chi connectivity index (χ4v) is 2.56. The second-order valence-corrected chi connectivity index (χ2v) is 5.98. The van der Waals surface area contributed by atoms with Crippen LogP contribution in [0.25, 0.3) is 11.6 Å². The second kappa shape index (κ2) is 9.97. The van der Waals surface area contributed by atoms with E-state index in [1.54, 1.807) is 18.2 Å². The van der Waals surface area contributed by atoms with Gasteiger partial charge in [-0.1, -0.05) is 23.2 Å². The molecule has 0 saturated carbocycles. The molecule has 0 atom stereocenters. The van der Waals surface area contributed by atoms with Gasteiger partial charge < -0.3 is 14.6 Å². The lowest BCUT2D eigenvalue weighted by atomic mass is 10.1. The van der Waals surface area contributed by atoms with Gasteiger partial charge in [-0.25, -0.2) is 4.98 Å². The van der Waals surface area contributed by atoms with Gasteiger partial charge in [0.05, 0.1) is 35.0 Å². The van der Waals surface area contributed by atoms with E-state index in [0.29, 0.717) is 46.5 Å². The van der Waals surface area contributed by atoms with E-state index < -0.39 is 0 Å². The third kappa shape index (κ3) is 5.09. The molecule has 0 saturated heterocycles. The van der Waals surface area contributed by atoms with Crippen molar-refractivity contribution in [1.82, 2.24) is 9.97 Å². The molecule has 136 valence electrons. The Kier molecular flexibility index (Phi) is 7.67. The minimum absolute atomic E-state index is 0.0999. The molecule has 0 fully saturated rings. The van der Waals surface area contributed by atoms with Crippen LogP contribution < -0.4 is 9.47 Å². The number of hydrogen-bond donors (Lipinski definition) is 1. The summed E-state index contributed by atoms with van der Waals surface area (Å²) in [6.07, 6.45) is 5.76. The van der Waals surface area contributed by atoms with E-state index in [0.717, 1.165) is 0 Å². The lowest BCUT2D eigenvalue weighted by Crippen LogP contribution is -2.03. The number of aromatic nitrogens is 2. The summed E-state index contributed by atoms with van der Waals surface area (Å²) in [5, 5.41) is 19.0. The normalized spacial score (nSPS) is 11.1. The quantitative estimate of drug-likeness (QED) is 0.538. The van der Waals surface area contributed by atoms with E-state index in [9.17, 15) is 5.26 Å². The zero-order valence-electron chi connectivity index (χ0n) is 14.1. The summed E-state index contributed by atoms with van der Waals surface area (Å²) in [4.78, 5) is 8.26. The monoisotopic (exact) mass is 393 g/mol. The Labute approximate surface area is 161 Å². The molecule has 0 aliphatic carbocycles. The number of rotatable bonds is 8. The number of nitrogens with zero attached hydrogens (tertiary/aromatic N) is 3. The van der Waals surface area contributed by atoms with E-state index in [4.69, 9.17) is 37.8 Å². The summed E-state index contributed by atoms with van der Waals surface area (Å²) in [6.45, 7) is 0.476. The van der Waals surface area contributed by atoms with Gasteiger partial charge in [0.2, 0.25) is 0 Å². The van der Waals surface area contributed by atoms with Crippen molar-refractivity contribution in [3.63, 3.8) is 0 Å². The molecule has 2 heterocycles. The SMILES string of the molecule is COc1ccc(/C(C#N)=C/c2c(Cl)cncc2Cl)nc1OCCCCO. The number of halogens is 2. The van der Waals surface area contributed by atoms with Crippen molar-refractivity contribution in [1.29, 1.82) is 5.26 Å². The minimum atomic E-state index is 0.0999. The second-order valence-electron chi connectivity index (χ2n) is 5.17. The fourth-order valence-electron chi connectivity index (χ4n) is 2.09. The van der Waals surface area contributed by atoms with Crippen molar-refractivity contribution < 1.29 is 14.6 Å². The Morgan fingerprint density at radius 3 is 2.62 bits per heavy atom. The van der Waals surface area contributed by atoms with Crippen molar-refractivity contribution in [2.45, 2.75) is 12.8 Å². The molecule has 0 unspecified atom stereocenters. The molecule has 0 aliphatic heterocycles. The Morgan fingerprint density at radius 1 is 1.27 bits per heavy atom. The first kappa shape index (κ1) is 20.0. The van der Waals surface area contributed by atoms with Crippen LogP contribution in [0.2, 0.25) is 10.0 Å². The van der Waals surface area contributed by atoms with Gasteiger partial charge in [-0.05, 0) is 31.1 Å². The van der Waals surface area contributed by atoms with Crippen molar-refractivity contribution in [2.24, 2.45) is 0 Å². The molecule has 0 aliphatic rings. The van der Waals surface area contributed by atoms with E-state index in [1.807, 2.05) is 0 Å². The summed E-state index contributed by atoms with van der Waals surface area (Å²) in [5.41, 5.74) is 1.15. The number of pyridine rings is 2. The number of hydrogen-bond acceptors (Lipinski definition) is 6. The minimum Gasteiger partial charge on any atom is -0.491 e. The van der Waals surface area contributed by atoms with Gasteiger partial charge in [-0.3, -0.25) is 4.98 Å². The largest absolute Gasteiger partial charge is 0.491 e. The maximum atomic E-state index is 9.53. The number of aliphatic hydroxyl groups is 1. The highest BCUT2D eigenvalue weighted by atomic mass is 35.5. The van der Waals surface area contributed by atoms with Gasteiger partial charge in [0.1, 0.15) is 6.07 Å². The lowest BCUT2D eigenvalue weighted by molar-refractivity contribution is 0.242. The molecule has 0 aromatic carbocycles. The number of unbranched alkanes of at least 4 members (excludes halogenated alkanes) is 1. The average Bonchev–Trinajstić information content (AvgIpc) is 2.65. The van der Waals surface area contributed by atoms with Gasteiger partial charge in [-0.15, -0.1) is 0 Å². The van der Waals surface area contributed by atoms with Gasteiger partial charge in [0.15, 0.2) is 5.75 Å². The van der Waals surface area contributed by atoms with E-state index in [1.165, 1.54) is 19.5 Å². The van der Waals surface area contributed by atoms with Crippen molar-refractivity contribution >= 4 is 34.9 Å². The van der Waals surface area contributed by atoms with Crippen LogP contribution in [-0.2, 0) is 0 Å². The Bertz CT molecular complexity index is 815. The van der Waals surface area contributed by atoms with E-state index in [-0.39, 0.29) is 18.1 Å². The molecule has 8 heteroatoms. The molecule has 6 nitrogen and oxygen atoms in total. The summed E-state index contributed by atoms with van der Waals surface area (Å²) in [7, 11) is 1.51. The Balaban J connectivity index is 2.36. The summed E-state index contributed by atoms with van der Waals surface area (Å²) >= 11 is 12.2. The maximum Gasteiger partial charge on any atom is 0.257 e. The zero-order valence-corrected chi connectivity index (χ0v) is 15.6. The van der Waals surface area contributed by atoms with Gasteiger partial charge in [0, 0.05) is 24.6 Å². The highest BCUT2D eigenvalue weighted by Crippen LogP contribution is 2.30. The Morgan fingerprint density at radius 2 is 2.00 bits per heavy atom. The summed E-state index contributed by atoms with van der Waals surface area (Å²) < 4.78 is 10.9. The van der Waals surface area contributed by atoms with Gasteiger partial charge in [-0.2, -0.15) is 5.26 Å². The number of ether oxygens (including phenoxy) is 2. The fraction of sp³-hybridized carbons (Fsp3) is 0.278. The molecule has 1 N–H and O–H groups in total. The first-order valence-electron chi connectivity index (χ1n) is 7.80. The molecular weight excluding hydrogens is 377 g/mol. The molecule has 2 aromatic rings. The number of allylic oxidation sites excluding steroid dienone is 1. The topological polar surface area (TPSA) is 88.3 Å². The van der Waals surface area contributed by atoms with Crippen LogP contribution in [-0.4, -0.2) is 35.4 Å². The summed E-state index contributed by atoms with van der Waals surface area (Å²) in [6, 6.07) is 5.42. The van der Waals surface area contributed by atoms with Gasteiger partial charge in [0.25, 0.3) is 5.88 Å². The van der Waals surface area contributed by atoms with Crippen LogP contribution in [0.5, 0.6) is 11.6 Å². The van der Waals surface area contributed by atoms with Crippen LogP contribution in [0.3, 0.4) is 0 Å². The van der Waals surface area contributed by atoms with Crippen molar-refractivity contribution in [3.8, 4) is 17.7 Å². The highest BCUT2D eigenvalue weighted by molar-refractivity contribution is 6.37. The molecule has 0 radical (unpaired) electrons. The standard InChI is InChI=1S/C18H17Cl2N3O3/c1-25-17-5-4-16(23-18(17)26-7-3-2-6-24)12(9-21)8-13-14(19)10-22-11-15(13)20/h4-5,8,10-11,24H,2-3,6-7H2,1H3/b12-8+. The Hall–Kier alpha value is -2.33. The van der Waals surface area contributed by atoms with Gasteiger partial charge >= 0.3 is 0 Å². The average molecular weight is 394 g/mol. The molecule has 2 rings (SSSR count). The number of aliphatic hydroxyl groups excluding tert-OH is 1. The first-order valence-corrected chi connectivity index (χ1v) is 8.56. The highest BCUT2D eigenvalue weighted by Gasteiger charge is 2.13. The number of nitriles is 1. The molecule has 0 bridgehead atoms. The van der Waals surface area contributed by atoms with Crippen LogP contribution in [0.1, 0.15) is 24.1 Å². The predicted molar refractivity (Wildman–Crippen MR) is 100 cm³/mol. The molecule has 2 aromatic heterocycles. The number of methoxy groups -OCH3 is 1. The van der Waals surface area contributed by atoms with Crippen molar-refractivity contribution in [2.75, 3.05) is 20.3 Å². The first-order chi connectivity index (χ1) is 12.6. The van der Waals surface area contributed by atoms with Crippen LogP contribution in [0.4, 0.5) is 0 Å². The lowest BCUT2D eigenvalue weighted by Gasteiger charge is -2.11. The van der Waals surface area contributed by atoms with Crippen LogP contribution >= 0.6 is 23.2 Å². The molecule has 0 spiro atoms. The van der Waals surface area contributed by atoms with E-state index in [2.05, 4.69) is 16.0 Å². The van der Waals surface area contributed by atoms with E-state index >= 15 is 0 Å². The molecule has 26 heavy (non-hydrogen) atoms. The summed E-state index contributed by atoms with van der Waals surface area (Å²) in [5.74, 6) is 0.728. The third-order valence-corrected chi connectivity index (χ3v) is 4.01. The van der Waals surface area contributed by atoms with Crippen LogP contribution in [0, 0.1) is 11.3 Å². The predicted octanol–water partition coefficient (Wildman–Crippen LogP) is 4.01. The molecule has 0 amide bonds. The molecular formula is C18H17Cl2N3O3. The van der Waals surface area contributed by atoms with Crippen LogP contribution in [0.15, 0.2) is 24.5 Å². The third-order valence-electron chi connectivity index (χ3n) is 3.41.